The van der Waals surface area contributed by atoms with Crippen molar-refractivity contribution >= 4 is 11.4 Å². The van der Waals surface area contributed by atoms with E-state index in [-0.39, 0.29) is 0 Å². The van der Waals surface area contributed by atoms with Crippen LogP contribution in [0.4, 0.5) is 0 Å². The van der Waals surface area contributed by atoms with Gasteiger partial charge < -0.3 is 9.68 Å². The van der Waals surface area contributed by atoms with Crippen LogP contribution in [-0.2, 0) is 9.68 Å². The third-order valence-electron chi connectivity index (χ3n) is 8.05. The van der Waals surface area contributed by atoms with Crippen LogP contribution in [0.15, 0.2) is 22.5 Å². The molecule has 0 saturated heterocycles. The Kier molecular flexibility index (Phi) is 2.08. The number of oxime groups is 2. The Balaban J connectivity index is 1.52. The van der Waals surface area contributed by atoms with E-state index in [0.29, 0.717) is 23.7 Å². The van der Waals surface area contributed by atoms with Crippen LogP contribution < -0.4 is 0 Å². The van der Waals surface area contributed by atoms with Gasteiger partial charge in [-0.05, 0) is 60.2 Å². The molecule has 0 bridgehead atoms. The van der Waals surface area contributed by atoms with E-state index in [2.05, 4.69) is 22.5 Å². The molecule has 0 N–H and O–H groups in total. The second kappa shape index (κ2) is 3.77. The fourth-order valence-corrected chi connectivity index (χ4v) is 8.09. The van der Waals surface area contributed by atoms with Gasteiger partial charge in [0, 0.05) is 11.8 Å². The molecule has 6 rings (SSSR count). The van der Waals surface area contributed by atoms with Gasteiger partial charge in [0.1, 0.15) is 14.2 Å². The van der Waals surface area contributed by atoms with Gasteiger partial charge in [0.25, 0.3) is 0 Å². The van der Waals surface area contributed by atoms with Crippen LogP contribution in [0.5, 0.6) is 0 Å². The molecule has 0 aromatic heterocycles. The molecule has 5 fully saturated rings. The second-order valence-corrected chi connectivity index (χ2v) is 8.17. The Morgan fingerprint density at radius 1 is 0.773 bits per heavy atom. The van der Waals surface area contributed by atoms with Gasteiger partial charge in [0.05, 0.1) is 11.4 Å². The average molecular weight is 298 g/mol. The number of fused-ring (bicyclic) bond motifs is 3. The number of hydrogen-bond acceptors (Lipinski definition) is 4. The molecule has 0 aliphatic heterocycles. The van der Waals surface area contributed by atoms with Crippen LogP contribution in [-0.4, -0.2) is 25.6 Å². The highest BCUT2D eigenvalue weighted by atomic mass is 16.6. The summed E-state index contributed by atoms with van der Waals surface area (Å²) in [5, 5.41) is 8.90. The largest absolute Gasteiger partial charge is 0.399 e. The average Bonchev–Trinajstić information content (AvgIpc) is 3.21. The van der Waals surface area contributed by atoms with Gasteiger partial charge in [-0.15, -0.1) is 0 Å². The maximum Gasteiger partial charge on any atom is 0.106 e. The summed E-state index contributed by atoms with van der Waals surface area (Å²) in [6.45, 7) is 0. The molecule has 0 amide bonds. The Morgan fingerprint density at radius 2 is 1.27 bits per heavy atom. The molecule has 4 nitrogen and oxygen atoms in total. The predicted octanol–water partition coefficient (Wildman–Crippen LogP) is 2.57. The van der Waals surface area contributed by atoms with E-state index in [1.54, 1.807) is 14.2 Å². The lowest BCUT2D eigenvalue weighted by atomic mass is 9.83. The Labute approximate surface area is 130 Å². The van der Waals surface area contributed by atoms with Crippen LogP contribution in [0.2, 0.25) is 0 Å². The van der Waals surface area contributed by atoms with Crippen molar-refractivity contribution in [3.63, 3.8) is 0 Å². The first-order valence-corrected chi connectivity index (χ1v) is 8.73. The molecule has 6 aliphatic rings. The zero-order valence-corrected chi connectivity index (χ0v) is 13.1. The van der Waals surface area contributed by atoms with E-state index < -0.39 is 0 Å². The summed E-state index contributed by atoms with van der Waals surface area (Å²) >= 11 is 0. The third kappa shape index (κ3) is 1.08. The lowest BCUT2D eigenvalue weighted by molar-refractivity contribution is 0.208. The van der Waals surface area contributed by atoms with Crippen molar-refractivity contribution < 1.29 is 9.68 Å². The maximum absolute atomic E-state index is 5.19. The van der Waals surface area contributed by atoms with E-state index in [9.17, 15) is 0 Å². The van der Waals surface area contributed by atoms with Crippen LogP contribution in [0, 0.1) is 59.2 Å². The minimum absolute atomic E-state index is 0.676. The van der Waals surface area contributed by atoms with E-state index in [1.807, 2.05) is 0 Å². The van der Waals surface area contributed by atoms with Crippen molar-refractivity contribution in [2.45, 2.75) is 12.8 Å². The summed E-state index contributed by atoms with van der Waals surface area (Å²) in [5.74, 6) is 7.93. The molecule has 0 aromatic rings. The summed E-state index contributed by atoms with van der Waals surface area (Å²) in [5.41, 5.74) is 2.71. The molecule has 10 atom stereocenters. The summed E-state index contributed by atoms with van der Waals surface area (Å²) in [6.07, 6.45) is 7.35. The van der Waals surface area contributed by atoms with Crippen LogP contribution >= 0.6 is 0 Å². The topological polar surface area (TPSA) is 43.2 Å². The standard InChI is InChI=1S/C18H22N2O2/c1-21-19-11-5-9-10-6-12(20-22-2)15-8-4-3-7-13(8)18(17(10)15)16(9)14(7)11/h3-4,7-10,13-18H,5-6H2,1-2H3/b19-11-,20-12-/t7-,8+,9+,10-,13?,14-,15-,16+,17+,18?/m0/s1. The van der Waals surface area contributed by atoms with Crippen LogP contribution in [0.25, 0.3) is 0 Å². The molecule has 0 radical (unpaired) electrons. The predicted molar refractivity (Wildman–Crippen MR) is 82.2 cm³/mol. The molecule has 0 spiro atoms. The van der Waals surface area contributed by atoms with Crippen molar-refractivity contribution in [1.82, 2.24) is 0 Å². The Hall–Kier alpha value is -1.32. The van der Waals surface area contributed by atoms with E-state index in [1.165, 1.54) is 11.4 Å². The van der Waals surface area contributed by atoms with Gasteiger partial charge in [-0.3, -0.25) is 0 Å². The molecule has 0 aromatic carbocycles. The zero-order valence-electron chi connectivity index (χ0n) is 13.1. The van der Waals surface area contributed by atoms with E-state index in [0.717, 1.165) is 48.3 Å². The summed E-state index contributed by atoms with van der Waals surface area (Å²) in [6, 6.07) is 0. The van der Waals surface area contributed by atoms with Crippen molar-refractivity contribution in [3.8, 4) is 0 Å². The normalized spacial score (nSPS) is 61.7. The molecule has 22 heavy (non-hydrogen) atoms. The van der Waals surface area contributed by atoms with Crippen molar-refractivity contribution in [3.05, 3.63) is 12.2 Å². The number of nitrogens with zero attached hydrogens (tertiary/aromatic N) is 2. The fraction of sp³-hybridized carbons (Fsp3) is 0.778. The number of allylic oxidation sites excluding steroid dienone is 2. The molecule has 6 aliphatic carbocycles. The first-order valence-electron chi connectivity index (χ1n) is 8.73. The molecule has 2 unspecified atom stereocenters. The van der Waals surface area contributed by atoms with Gasteiger partial charge in [-0.1, -0.05) is 22.5 Å². The fourth-order valence-electron chi connectivity index (χ4n) is 8.09. The van der Waals surface area contributed by atoms with Crippen LogP contribution in [0.1, 0.15) is 12.8 Å². The quantitative estimate of drug-likeness (QED) is 0.581. The number of rotatable bonds is 2. The molecular weight excluding hydrogens is 276 g/mol. The van der Waals surface area contributed by atoms with Gasteiger partial charge in [0.15, 0.2) is 0 Å². The highest BCUT2D eigenvalue weighted by molar-refractivity contribution is 5.94. The lowest BCUT2D eigenvalue weighted by Crippen LogP contribution is -2.23. The summed E-state index contributed by atoms with van der Waals surface area (Å²) < 4.78 is 0. The van der Waals surface area contributed by atoms with Gasteiger partial charge >= 0.3 is 0 Å². The smallest absolute Gasteiger partial charge is 0.106 e. The van der Waals surface area contributed by atoms with Crippen molar-refractivity contribution in [2.75, 3.05) is 14.2 Å². The molecule has 4 heteroatoms. The first kappa shape index (κ1) is 12.1. The first-order chi connectivity index (χ1) is 10.8. The summed E-state index contributed by atoms with van der Waals surface area (Å²) in [7, 11) is 3.39. The van der Waals surface area contributed by atoms with Crippen molar-refractivity contribution in [2.24, 2.45) is 69.5 Å². The Bertz CT molecular complexity index is 587. The second-order valence-electron chi connectivity index (χ2n) is 8.17. The van der Waals surface area contributed by atoms with Crippen molar-refractivity contribution in [1.29, 1.82) is 0 Å². The Morgan fingerprint density at radius 3 is 1.73 bits per heavy atom. The van der Waals surface area contributed by atoms with E-state index in [4.69, 9.17) is 9.68 Å². The lowest BCUT2D eigenvalue weighted by Gasteiger charge is -2.21. The van der Waals surface area contributed by atoms with Gasteiger partial charge in [-0.25, -0.2) is 0 Å². The highest BCUT2D eigenvalue weighted by Gasteiger charge is 2.76. The van der Waals surface area contributed by atoms with Gasteiger partial charge in [-0.2, -0.15) is 0 Å². The SMILES string of the molecule is CO/N=C1/C[C@H]2[C@H]3C/C(=N/OC)[C@H]4[C@@H]3C3C5[C@@H](C=C[C@@H]54)[C@@H]1[C@H]32. The minimum atomic E-state index is 0.676. The molecule has 5 saturated carbocycles. The van der Waals surface area contributed by atoms with Gasteiger partial charge in [0.2, 0.25) is 0 Å². The molecule has 0 heterocycles. The zero-order chi connectivity index (χ0) is 14.6. The number of hydrogen-bond donors (Lipinski definition) is 0. The molecular formula is C18H22N2O2. The summed E-state index contributed by atoms with van der Waals surface area (Å²) in [4.78, 5) is 10.4. The minimum Gasteiger partial charge on any atom is -0.399 e. The monoisotopic (exact) mass is 298 g/mol. The maximum atomic E-state index is 5.19. The van der Waals surface area contributed by atoms with Crippen LogP contribution in [0.3, 0.4) is 0 Å². The highest BCUT2D eigenvalue weighted by Crippen LogP contribution is 2.77. The third-order valence-corrected chi connectivity index (χ3v) is 8.05. The molecule has 116 valence electrons. The van der Waals surface area contributed by atoms with E-state index >= 15 is 0 Å².